The zero-order valence-electron chi connectivity index (χ0n) is 13.1. The number of nitrogens with two attached hydrogens (primary N) is 1. The van der Waals surface area contributed by atoms with Crippen molar-refractivity contribution in [2.24, 2.45) is 11.1 Å². The van der Waals surface area contributed by atoms with E-state index in [-0.39, 0.29) is 5.91 Å². The summed E-state index contributed by atoms with van der Waals surface area (Å²) in [7, 11) is 0. The van der Waals surface area contributed by atoms with Gasteiger partial charge in [0.15, 0.2) is 0 Å². The van der Waals surface area contributed by atoms with Crippen LogP contribution in [0.3, 0.4) is 0 Å². The lowest BCUT2D eigenvalue weighted by atomic mass is 9.82. The van der Waals surface area contributed by atoms with Crippen molar-refractivity contribution in [1.82, 2.24) is 10.2 Å². The summed E-state index contributed by atoms with van der Waals surface area (Å²) < 4.78 is 0. The molecule has 0 bridgehead atoms. The first kappa shape index (κ1) is 16.4. The minimum absolute atomic E-state index is 0.242. The van der Waals surface area contributed by atoms with Crippen LogP contribution in [0.25, 0.3) is 0 Å². The van der Waals surface area contributed by atoms with E-state index >= 15 is 0 Å². The summed E-state index contributed by atoms with van der Waals surface area (Å²) in [5.41, 5.74) is 5.45. The van der Waals surface area contributed by atoms with Gasteiger partial charge in [-0.3, -0.25) is 4.79 Å². The van der Waals surface area contributed by atoms with E-state index in [0.717, 1.165) is 25.9 Å². The quantitative estimate of drug-likeness (QED) is 0.740. The summed E-state index contributed by atoms with van der Waals surface area (Å²) in [6.07, 6.45) is 4.38. The topological polar surface area (TPSA) is 58.4 Å². The third-order valence-corrected chi connectivity index (χ3v) is 4.47. The molecule has 0 spiro atoms. The predicted octanol–water partition coefficient (Wildman–Crippen LogP) is 1.74. The lowest BCUT2D eigenvalue weighted by Crippen LogP contribution is -2.53. The Morgan fingerprint density at radius 1 is 1.37 bits per heavy atom. The Balaban J connectivity index is 2.31. The minimum atomic E-state index is -0.552. The van der Waals surface area contributed by atoms with Crippen LogP contribution >= 0.6 is 0 Å². The minimum Gasteiger partial charge on any atom is -0.368 e. The van der Waals surface area contributed by atoms with Crippen molar-refractivity contribution in [1.29, 1.82) is 0 Å². The molecule has 0 saturated carbocycles. The van der Waals surface area contributed by atoms with Gasteiger partial charge >= 0.3 is 0 Å². The standard InChI is InChI=1S/C15H31N3O/c1-5-17-15(4,13(16)19)7-6-10-18-11-8-14(2,3)9-12-18/h17H,5-12H2,1-4H3,(H2,16,19). The largest absolute Gasteiger partial charge is 0.368 e. The number of carbonyl (C=O) groups is 1. The van der Waals surface area contributed by atoms with Crippen molar-refractivity contribution in [3.8, 4) is 0 Å². The maximum atomic E-state index is 11.5. The SMILES string of the molecule is CCNC(C)(CCCN1CCC(C)(C)CC1)C(N)=O. The number of amides is 1. The molecule has 112 valence electrons. The highest BCUT2D eigenvalue weighted by molar-refractivity contribution is 5.84. The van der Waals surface area contributed by atoms with Crippen molar-refractivity contribution in [3.63, 3.8) is 0 Å². The Labute approximate surface area is 118 Å². The first-order valence-corrected chi connectivity index (χ1v) is 7.56. The lowest BCUT2D eigenvalue weighted by molar-refractivity contribution is -0.124. The highest BCUT2D eigenvalue weighted by Crippen LogP contribution is 2.29. The average molecular weight is 269 g/mol. The fourth-order valence-electron chi connectivity index (χ4n) is 2.73. The number of carbonyl (C=O) groups excluding carboxylic acids is 1. The molecule has 1 amide bonds. The van der Waals surface area contributed by atoms with Crippen LogP contribution in [0.2, 0.25) is 0 Å². The number of likely N-dealkylation sites (N-methyl/N-ethyl adjacent to an activating group) is 1. The molecule has 1 unspecified atom stereocenters. The van der Waals surface area contributed by atoms with E-state index in [1.165, 1.54) is 25.9 Å². The molecule has 1 rings (SSSR count). The van der Waals surface area contributed by atoms with E-state index in [2.05, 4.69) is 24.1 Å². The van der Waals surface area contributed by atoms with Crippen LogP contribution in [0.4, 0.5) is 0 Å². The second kappa shape index (κ2) is 6.71. The molecule has 0 aromatic rings. The van der Waals surface area contributed by atoms with Gasteiger partial charge in [-0.15, -0.1) is 0 Å². The van der Waals surface area contributed by atoms with E-state index < -0.39 is 5.54 Å². The highest BCUT2D eigenvalue weighted by Gasteiger charge is 2.30. The van der Waals surface area contributed by atoms with Crippen LogP contribution < -0.4 is 11.1 Å². The maximum absolute atomic E-state index is 11.5. The van der Waals surface area contributed by atoms with Gasteiger partial charge in [0.1, 0.15) is 0 Å². The van der Waals surface area contributed by atoms with Crippen LogP contribution in [-0.2, 0) is 4.79 Å². The maximum Gasteiger partial charge on any atom is 0.237 e. The summed E-state index contributed by atoms with van der Waals surface area (Å²) in [5.74, 6) is -0.242. The van der Waals surface area contributed by atoms with Crippen LogP contribution in [0, 0.1) is 5.41 Å². The van der Waals surface area contributed by atoms with Gasteiger partial charge in [0, 0.05) is 0 Å². The van der Waals surface area contributed by atoms with E-state index in [1.54, 1.807) is 0 Å². The Hall–Kier alpha value is -0.610. The molecule has 0 aromatic carbocycles. The molecular formula is C15H31N3O. The number of nitrogens with one attached hydrogen (secondary N) is 1. The Morgan fingerprint density at radius 3 is 2.42 bits per heavy atom. The van der Waals surface area contributed by atoms with Gasteiger partial charge < -0.3 is 16.0 Å². The van der Waals surface area contributed by atoms with Gasteiger partial charge in [0.25, 0.3) is 0 Å². The Bertz CT molecular complexity index is 294. The van der Waals surface area contributed by atoms with Gasteiger partial charge in [0.05, 0.1) is 5.54 Å². The molecule has 3 N–H and O–H groups in total. The number of nitrogens with zero attached hydrogens (tertiary/aromatic N) is 1. The van der Waals surface area contributed by atoms with Crippen molar-refractivity contribution in [3.05, 3.63) is 0 Å². The van der Waals surface area contributed by atoms with Gasteiger partial charge in [-0.25, -0.2) is 0 Å². The number of primary amides is 1. The Morgan fingerprint density at radius 2 is 1.95 bits per heavy atom. The molecule has 0 aromatic heterocycles. The second-order valence-corrected chi connectivity index (χ2v) is 6.84. The highest BCUT2D eigenvalue weighted by atomic mass is 16.1. The van der Waals surface area contributed by atoms with Gasteiger partial charge in [-0.2, -0.15) is 0 Å². The van der Waals surface area contributed by atoms with E-state index in [1.807, 2.05) is 13.8 Å². The molecule has 0 radical (unpaired) electrons. The number of hydrogen-bond donors (Lipinski definition) is 2. The van der Waals surface area contributed by atoms with Gasteiger partial charge in [-0.1, -0.05) is 20.8 Å². The average Bonchev–Trinajstić information content (AvgIpc) is 2.31. The number of rotatable bonds is 7. The van der Waals surface area contributed by atoms with Crippen LogP contribution in [0.5, 0.6) is 0 Å². The predicted molar refractivity (Wildman–Crippen MR) is 80.0 cm³/mol. The molecule has 1 aliphatic rings. The number of likely N-dealkylation sites (tertiary alicyclic amines) is 1. The lowest BCUT2D eigenvalue weighted by Gasteiger charge is -2.37. The van der Waals surface area contributed by atoms with Crippen molar-refractivity contribution in [2.45, 2.75) is 58.9 Å². The first-order valence-electron chi connectivity index (χ1n) is 7.56. The number of hydrogen-bond acceptors (Lipinski definition) is 3. The van der Waals surface area contributed by atoms with Crippen LogP contribution in [-0.4, -0.2) is 42.5 Å². The molecule has 19 heavy (non-hydrogen) atoms. The zero-order chi connectivity index (χ0) is 14.5. The van der Waals surface area contributed by atoms with Crippen molar-refractivity contribution < 1.29 is 4.79 Å². The van der Waals surface area contributed by atoms with Crippen molar-refractivity contribution in [2.75, 3.05) is 26.2 Å². The monoisotopic (exact) mass is 269 g/mol. The van der Waals surface area contributed by atoms with Gasteiger partial charge in [0.2, 0.25) is 5.91 Å². The molecule has 0 aliphatic carbocycles. The van der Waals surface area contributed by atoms with Crippen LogP contribution in [0.15, 0.2) is 0 Å². The fraction of sp³-hybridized carbons (Fsp3) is 0.933. The summed E-state index contributed by atoms with van der Waals surface area (Å²) in [4.78, 5) is 14.0. The molecule has 1 atom stereocenters. The normalized spacial score (nSPS) is 22.9. The smallest absolute Gasteiger partial charge is 0.237 e. The fourth-order valence-corrected chi connectivity index (χ4v) is 2.73. The van der Waals surface area contributed by atoms with E-state index in [9.17, 15) is 4.79 Å². The summed E-state index contributed by atoms with van der Waals surface area (Å²) in [5, 5.41) is 3.22. The summed E-state index contributed by atoms with van der Waals surface area (Å²) >= 11 is 0. The molecule has 4 nitrogen and oxygen atoms in total. The molecule has 1 saturated heterocycles. The van der Waals surface area contributed by atoms with E-state index in [4.69, 9.17) is 5.73 Å². The van der Waals surface area contributed by atoms with Gasteiger partial charge in [-0.05, 0) is 64.2 Å². The number of piperidine rings is 1. The summed E-state index contributed by atoms with van der Waals surface area (Å²) in [6.45, 7) is 12.8. The Kier molecular flexibility index (Phi) is 5.81. The second-order valence-electron chi connectivity index (χ2n) is 6.84. The molecule has 1 fully saturated rings. The molecule has 4 heteroatoms. The summed E-state index contributed by atoms with van der Waals surface area (Å²) in [6, 6.07) is 0. The molecule has 1 aliphatic heterocycles. The first-order chi connectivity index (χ1) is 8.79. The third kappa shape index (κ3) is 5.11. The van der Waals surface area contributed by atoms with E-state index in [0.29, 0.717) is 5.41 Å². The van der Waals surface area contributed by atoms with Crippen molar-refractivity contribution >= 4 is 5.91 Å². The van der Waals surface area contributed by atoms with Crippen LogP contribution in [0.1, 0.15) is 53.4 Å². The molecule has 1 heterocycles. The third-order valence-electron chi connectivity index (χ3n) is 4.47. The zero-order valence-corrected chi connectivity index (χ0v) is 13.1. The molecular weight excluding hydrogens is 238 g/mol.